The number of halogens is 1. The molecule has 2 aliphatic rings. The highest BCUT2D eigenvalue weighted by atomic mass is 79.9. The number of benzene rings is 1. The Morgan fingerprint density at radius 3 is 3.06 bits per heavy atom. The molecule has 0 spiro atoms. The monoisotopic (exact) mass is 280 g/mol. The molecule has 0 radical (unpaired) electrons. The molecular formula is C13H17BrN2. The highest BCUT2D eigenvalue weighted by Crippen LogP contribution is 2.39. The standard InChI is InChI=1S/C13H17BrN2/c14-10-4-1-3-9-6-7-12-11(15)5-2-8-16(12)13(9)10/h1,3-4,11-12H,2,5-8,15H2. The van der Waals surface area contributed by atoms with Gasteiger partial charge in [-0.3, -0.25) is 0 Å². The Bertz CT molecular complexity index is 405. The van der Waals surface area contributed by atoms with Gasteiger partial charge in [0.2, 0.25) is 0 Å². The first-order chi connectivity index (χ1) is 7.77. The van der Waals surface area contributed by atoms with Crippen LogP contribution in [0.5, 0.6) is 0 Å². The van der Waals surface area contributed by atoms with Gasteiger partial charge >= 0.3 is 0 Å². The van der Waals surface area contributed by atoms with E-state index in [2.05, 4.69) is 39.0 Å². The van der Waals surface area contributed by atoms with Crippen molar-refractivity contribution in [2.24, 2.45) is 5.73 Å². The summed E-state index contributed by atoms with van der Waals surface area (Å²) >= 11 is 3.68. The van der Waals surface area contributed by atoms with Crippen molar-refractivity contribution in [2.45, 2.75) is 37.8 Å². The maximum Gasteiger partial charge on any atom is 0.0546 e. The number of hydrogen-bond acceptors (Lipinski definition) is 2. The molecule has 0 saturated carbocycles. The first-order valence-electron chi connectivity index (χ1n) is 6.07. The average Bonchev–Trinajstić information content (AvgIpc) is 2.29. The number of nitrogens with zero attached hydrogens (tertiary/aromatic N) is 1. The first-order valence-corrected chi connectivity index (χ1v) is 6.86. The lowest BCUT2D eigenvalue weighted by Crippen LogP contribution is -2.54. The Morgan fingerprint density at radius 1 is 1.31 bits per heavy atom. The van der Waals surface area contributed by atoms with E-state index >= 15 is 0 Å². The van der Waals surface area contributed by atoms with Crippen LogP contribution in [0.2, 0.25) is 0 Å². The minimum absolute atomic E-state index is 0.356. The van der Waals surface area contributed by atoms with E-state index < -0.39 is 0 Å². The lowest BCUT2D eigenvalue weighted by Gasteiger charge is -2.45. The summed E-state index contributed by atoms with van der Waals surface area (Å²) in [6.45, 7) is 1.16. The number of aryl methyl sites for hydroxylation is 1. The number of nitrogens with two attached hydrogens (primary N) is 1. The van der Waals surface area contributed by atoms with Gasteiger partial charge in [-0.25, -0.2) is 0 Å². The van der Waals surface area contributed by atoms with Crippen LogP contribution < -0.4 is 10.6 Å². The van der Waals surface area contributed by atoms with Crippen molar-refractivity contribution in [2.75, 3.05) is 11.4 Å². The van der Waals surface area contributed by atoms with Gasteiger partial charge in [0.05, 0.1) is 5.69 Å². The van der Waals surface area contributed by atoms with Crippen LogP contribution in [0.1, 0.15) is 24.8 Å². The summed E-state index contributed by atoms with van der Waals surface area (Å²) in [5.74, 6) is 0. The Hall–Kier alpha value is -0.540. The number of hydrogen-bond donors (Lipinski definition) is 1. The molecule has 2 atom stereocenters. The van der Waals surface area contributed by atoms with Crippen molar-refractivity contribution in [3.05, 3.63) is 28.2 Å². The molecule has 0 amide bonds. The van der Waals surface area contributed by atoms with Gasteiger partial charge in [-0.1, -0.05) is 12.1 Å². The molecule has 16 heavy (non-hydrogen) atoms. The molecule has 2 unspecified atom stereocenters. The van der Waals surface area contributed by atoms with E-state index in [-0.39, 0.29) is 0 Å². The van der Waals surface area contributed by atoms with Crippen molar-refractivity contribution < 1.29 is 0 Å². The van der Waals surface area contributed by atoms with Crippen molar-refractivity contribution in [3.8, 4) is 0 Å². The van der Waals surface area contributed by atoms with E-state index in [1.54, 1.807) is 0 Å². The van der Waals surface area contributed by atoms with Crippen LogP contribution in [0.4, 0.5) is 5.69 Å². The summed E-state index contributed by atoms with van der Waals surface area (Å²) < 4.78 is 1.23. The molecule has 1 saturated heterocycles. The van der Waals surface area contributed by atoms with Crippen LogP contribution in [0.25, 0.3) is 0 Å². The molecule has 2 heterocycles. The van der Waals surface area contributed by atoms with Crippen molar-refractivity contribution in [1.29, 1.82) is 0 Å². The smallest absolute Gasteiger partial charge is 0.0546 e. The van der Waals surface area contributed by atoms with Gasteiger partial charge in [0, 0.05) is 23.1 Å². The first kappa shape index (κ1) is 10.6. The SMILES string of the molecule is NC1CCCN2c3c(Br)cccc3CCC12. The minimum Gasteiger partial charge on any atom is -0.366 e. The van der Waals surface area contributed by atoms with Crippen LogP contribution in [0, 0.1) is 0 Å². The zero-order valence-corrected chi connectivity index (χ0v) is 10.9. The van der Waals surface area contributed by atoms with Crippen LogP contribution in [-0.2, 0) is 6.42 Å². The molecule has 0 aromatic heterocycles. The van der Waals surface area contributed by atoms with Crippen molar-refractivity contribution in [1.82, 2.24) is 0 Å². The van der Waals surface area contributed by atoms with E-state index in [0.29, 0.717) is 12.1 Å². The summed E-state index contributed by atoms with van der Waals surface area (Å²) in [5.41, 5.74) is 9.11. The lowest BCUT2D eigenvalue weighted by atomic mass is 9.87. The largest absolute Gasteiger partial charge is 0.366 e. The maximum atomic E-state index is 6.24. The van der Waals surface area contributed by atoms with Gasteiger partial charge in [0.15, 0.2) is 0 Å². The maximum absolute atomic E-state index is 6.24. The Labute approximate surface area is 105 Å². The second-order valence-corrected chi connectivity index (χ2v) is 5.71. The molecule has 0 aliphatic carbocycles. The number of fused-ring (bicyclic) bond motifs is 3. The van der Waals surface area contributed by atoms with Crippen LogP contribution in [0.3, 0.4) is 0 Å². The lowest BCUT2D eigenvalue weighted by molar-refractivity contribution is 0.371. The van der Waals surface area contributed by atoms with Gasteiger partial charge in [0.1, 0.15) is 0 Å². The second kappa shape index (κ2) is 4.04. The Morgan fingerprint density at radius 2 is 2.19 bits per heavy atom. The average molecular weight is 281 g/mol. The third-order valence-corrected chi connectivity index (χ3v) is 4.54. The summed E-state index contributed by atoms with van der Waals surface area (Å²) in [5, 5.41) is 0. The van der Waals surface area contributed by atoms with Gasteiger partial charge in [-0.05, 0) is 53.2 Å². The Balaban J connectivity index is 2.04. The topological polar surface area (TPSA) is 29.3 Å². The second-order valence-electron chi connectivity index (χ2n) is 4.85. The zero-order chi connectivity index (χ0) is 11.1. The molecule has 2 nitrogen and oxygen atoms in total. The summed E-state index contributed by atoms with van der Waals surface area (Å²) in [6, 6.07) is 7.43. The number of anilines is 1. The molecule has 1 aromatic rings. The molecular weight excluding hydrogens is 264 g/mol. The highest BCUT2D eigenvalue weighted by Gasteiger charge is 2.34. The highest BCUT2D eigenvalue weighted by molar-refractivity contribution is 9.10. The summed E-state index contributed by atoms with van der Waals surface area (Å²) in [7, 11) is 0. The summed E-state index contributed by atoms with van der Waals surface area (Å²) in [4.78, 5) is 2.52. The molecule has 1 aromatic carbocycles. The zero-order valence-electron chi connectivity index (χ0n) is 9.32. The third-order valence-electron chi connectivity index (χ3n) is 3.90. The predicted molar refractivity (Wildman–Crippen MR) is 70.8 cm³/mol. The normalized spacial score (nSPS) is 28.5. The number of rotatable bonds is 0. The van der Waals surface area contributed by atoms with Gasteiger partial charge < -0.3 is 10.6 Å². The van der Waals surface area contributed by atoms with E-state index in [9.17, 15) is 0 Å². The molecule has 1 fully saturated rings. The predicted octanol–water partition coefficient (Wildman–Crippen LogP) is 2.69. The fourth-order valence-corrected chi connectivity index (χ4v) is 3.76. The molecule has 2 aliphatic heterocycles. The van der Waals surface area contributed by atoms with E-state index in [1.807, 2.05) is 0 Å². The number of piperidine rings is 1. The van der Waals surface area contributed by atoms with E-state index in [0.717, 1.165) is 6.54 Å². The van der Waals surface area contributed by atoms with Crippen LogP contribution in [0.15, 0.2) is 22.7 Å². The Kier molecular flexibility index (Phi) is 2.68. The van der Waals surface area contributed by atoms with Crippen LogP contribution >= 0.6 is 15.9 Å². The molecule has 2 N–H and O–H groups in total. The third kappa shape index (κ3) is 1.57. The molecule has 3 rings (SSSR count). The quantitative estimate of drug-likeness (QED) is 0.792. The minimum atomic E-state index is 0.356. The van der Waals surface area contributed by atoms with Crippen molar-refractivity contribution in [3.63, 3.8) is 0 Å². The fraction of sp³-hybridized carbons (Fsp3) is 0.538. The van der Waals surface area contributed by atoms with E-state index in [1.165, 1.54) is 41.4 Å². The van der Waals surface area contributed by atoms with Gasteiger partial charge in [-0.15, -0.1) is 0 Å². The van der Waals surface area contributed by atoms with E-state index in [4.69, 9.17) is 5.73 Å². The molecule has 86 valence electrons. The summed E-state index contributed by atoms with van der Waals surface area (Å²) in [6.07, 6.45) is 4.79. The van der Waals surface area contributed by atoms with Gasteiger partial charge in [0.25, 0.3) is 0 Å². The van der Waals surface area contributed by atoms with Gasteiger partial charge in [-0.2, -0.15) is 0 Å². The molecule has 0 bridgehead atoms. The fourth-order valence-electron chi connectivity index (χ4n) is 3.12. The number of para-hydroxylation sites is 1. The molecule has 3 heteroatoms. The van der Waals surface area contributed by atoms with Crippen LogP contribution in [-0.4, -0.2) is 18.6 Å². The van der Waals surface area contributed by atoms with Crippen molar-refractivity contribution >= 4 is 21.6 Å².